The Morgan fingerprint density at radius 2 is 1.78 bits per heavy atom. The molecule has 2 heteroatoms. The van der Waals surface area contributed by atoms with Gasteiger partial charge in [-0.05, 0) is 55.2 Å². The van der Waals surface area contributed by atoms with Crippen molar-refractivity contribution in [3.63, 3.8) is 0 Å². The maximum atomic E-state index is 5.94. The Balaban J connectivity index is 1.77. The van der Waals surface area contributed by atoms with Gasteiger partial charge in [0.15, 0.2) is 0 Å². The van der Waals surface area contributed by atoms with Crippen molar-refractivity contribution in [2.75, 3.05) is 12.3 Å². The average Bonchev–Trinajstić information content (AvgIpc) is 2.30. The molecule has 0 heterocycles. The van der Waals surface area contributed by atoms with E-state index in [1.165, 1.54) is 24.8 Å². The van der Waals surface area contributed by atoms with E-state index < -0.39 is 0 Å². The van der Waals surface area contributed by atoms with Crippen molar-refractivity contribution in [2.45, 2.75) is 39.7 Å². The van der Waals surface area contributed by atoms with E-state index in [9.17, 15) is 0 Å². The molecule has 1 fully saturated rings. The third kappa shape index (κ3) is 3.74. The molecule has 0 spiro atoms. The lowest BCUT2D eigenvalue weighted by molar-refractivity contribution is 0.214. The quantitative estimate of drug-likeness (QED) is 0.799. The summed E-state index contributed by atoms with van der Waals surface area (Å²) in [6.45, 7) is 6.80. The molecule has 1 aromatic rings. The zero-order valence-corrected chi connectivity index (χ0v) is 11.7. The molecule has 2 nitrogen and oxygen atoms in total. The summed E-state index contributed by atoms with van der Waals surface area (Å²) in [7, 11) is 0. The summed E-state index contributed by atoms with van der Waals surface area (Å²) in [5.74, 6) is 2.62. The monoisotopic (exact) mass is 246 g/mol. The third-order valence-corrected chi connectivity index (χ3v) is 4.08. The summed E-state index contributed by atoms with van der Waals surface area (Å²) in [5, 5.41) is 3.57. The first kappa shape index (κ1) is 13.4. The molecule has 0 amide bonds. The van der Waals surface area contributed by atoms with Crippen molar-refractivity contribution in [3.05, 3.63) is 29.8 Å². The highest BCUT2D eigenvalue weighted by molar-refractivity contribution is 5.46. The van der Waals surface area contributed by atoms with Crippen LogP contribution in [-0.4, -0.2) is 6.54 Å². The lowest BCUT2D eigenvalue weighted by atomic mass is 9.77. The highest BCUT2D eigenvalue weighted by Crippen LogP contribution is 2.32. The van der Waals surface area contributed by atoms with Gasteiger partial charge in [-0.25, -0.2) is 0 Å². The fraction of sp³-hybridized carbons (Fsp3) is 0.625. The largest absolute Gasteiger partial charge is 0.398 e. The highest BCUT2D eigenvalue weighted by atomic mass is 14.9. The molecule has 100 valence electrons. The average molecular weight is 246 g/mol. The van der Waals surface area contributed by atoms with Crippen LogP contribution in [0.1, 0.15) is 38.7 Å². The minimum Gasteiger partial charge on any atom is -0.398 e. The molecule has 1 saturated carbocycles. The van der Waals surface area contributed by atoms with Crippen LogP contribution in [0.3, 0.4) is 0 Å². The van der Waals surface area contributed by atoms with Gasteiger partial charge in [-0.2, -0.15) is 0 Å². The first-order valence-corrected chi connectivity index (χ1v) is 7.19. The topological polar surface area (TPSA) is 38.0 Å². The van der Waals surface area contributed by atoms with Crippen molar-refractivity contribution < 1.29 is 0 Å². The molecule has 18 heavy (non-hydrogen) atoms. The molecule has 0 saturated heterocycles. The number of nitrogens with one attached hydrogen (secondary N) is 1. The Hall–Kier alpha value is -1.02. The summed E-state index contributed by atoms with van der Waals surface area (Å²) in [4.78, 5) is 0. The van der Waals surface area contributed by atoms with E-state index >= 15 is 0 Å². The summed E-state index contributed by atoms with van der Waals surface area (Å²) in [5.41, 5.74) is 8.06. The Kier molecular flexibility index (Phi) is 4.65. The van der Waals surface area contributed by atoms with Crippen molar-refractivity contribution >= 4 is 5.69 Å². The predicted molar refractivity (Wildman–Crippen MR) is 78.2 cm³/mol. The van der Waals surface area contributed by atoms with Crippen LogP contribution in [0.15, 0.2) is 24.3 Å². The van der Waals surface area contributed by atoms with Crippen LogP contribution in [0.2, 0.25) is 0 Å². The molecule has 3 N–H and O–H groups in total. The zero-order chi connectivity index (χ0) is 13.0. The lowest BCUT2D eigenvalue weighted by Gasteiger charge is -2.31. The molecule has 0 aliphatic heterocycles. The van der Waals surface area contributed by atoms with Crippen molar-refractivity contribution in [1.29, 1.82) is 0 Å². The number of nitrogen functional groups attached to an aromatic ring is 1. The number of anilines is 1. The van der Waals surface area contributed by atoms with Crippen molar-refractivity contribution in [1.82, 2.24) is 5.32 Å². The second kappa shape index (κ2) is 6.24. The first-order chi connectivity index (χ1) is 8.65. The Bertz CT molecular complexity index is 365. The van der Waals surface area contributed by atoms with Gasteiger partial charge in [0.25, 0.3) is 0 Å². The van der Waals surface area contributed by atoms with Gasteiger partial charge in [-0.3, -0.25) is 0 Å². The maximum absolute atomic E-state index is 5.94. The van der Waals surface area contributed by atoms with Crippen LogP contribution in [0.4, 0.5) is 5.69 Å². The zero-order valence-electron chi connectivity index (χ0n) is 11.7. The normalized spacial score (nSPS) is 28.2. The van der Waals surface area contributed by atoms with E-state index in [2.05, 4.69) is 31.3 Å². The first-order valence-electron chi connectivity index (χ1n) is 7.19. The smallest absolute Gasteiger partial charge is 0.0359 e. The summed E-state index contributed by atoms with van der Waals surface area (Å²) in [6, 6.07) is 8.12. The molecular weight excluding hydrogens is 220 g/mol. The molecule has 2 atom stereocenters. The van der Waals surface area contributed by atoms with Gasteiger partial charge in [0.1, 0.15) is 0 Å². The molecule has 0 aromatic heterocycles. The molecule has 1 aromatic carbocycles. The molecule has 0 bridgehead atoms. The predicted octanol–water partition coefficient (Wildman–Crippen LogP) is 3.43. The number of hydrogen-bond donors (Lipinski definition) is 2. The van der Waals surface area contributed by atoms with Crippen LogP contribution >= 0.6 is 0 Å². The molecule has 1 aliphatic rings. The van der Waals surface area contributed by atoms with E-state index in [4.69, 9.17) is 5.73 Å². The molecule has 0 radical (unpaired) electrons. The third-order valence-electron chi connectivity index (χ3n) is 4.08. The van der Waals surface area contributed by atoms with E-state index in [0.717, 1.165) is 36.5 Å². The van der Waals surface area contributed by atoms with Gasteiger partial charge < -0.3 is 11.1 Å². The van der Waals surface area contributed by atoms with Crippen LogP contribution in [0, 0.1) is 17.8 Å². The number of rotatable bonds is 4. The molecule has 1 aliphatic carbocycles. The van der Waals surface area contributed by atoms with Gasteiger partial charge in [-0.15, -0.1) is 0 Å². The van der Waals surface area contributed by atoms with Gasteiger partial charge in [0.05, 0.1) is 0 Å². The van der Waals surface area contributed by atoms with Crippen LogP contribution < -0.4 is 11.1 Å². The number of nitrogens with two attached hydrogens (primary N) is 1. The summed E-state index contributed by atoms with van der Waals surface area (Å²) in [6.07, 6.45) is 4.16. The second-order valence-corrected chi connectivity index (χ2v) is 6.11. The minimum atomic E-state index is 0.841. The van der Waals surface area contributed by atoms with Crippen molar-refractivity contribution in [2.24, 2.45) is 17.8 Å². The second-order valence-electron chi connectivity index (χ2n) is 6.11. The standard InChI is InChI=1S/C16H26N2/c1-12-7-13(2)9-14(8-12)10-18-11-15-5-3-4-6-16(15)17/h3-6,12-14,18H,7-11,17H2,1-2H3. The van der Waals surface area contributed by atoms with Crippen LogP contribution in [0.5, 0.6) is 0 Å². The Labute approximate surface area is 111 Å². The number of benzene rings is 1. The molecule has 2 rings (SSSR count). The Morgan fingerprint density at radius 1 is 1.11 bits per heavy atom. The maximum Gasteiger partial charge on any atom is 0.0359 e. The lowest BCUT2D eigenvalue weighted by Crippen LogP contribution is -2.29. The SMILES string of the molecule is CC1CC(C)CC(CNCc2ccccc2N)C1. The van der Waals surface area contributed by atoms with E-state index in [1.54, 1.807) is 0 Å². The highest BCUT2D eigenvalue weighted by Gasteiger charge is 2.23. The fourth-order valence-electron chi connectivity index (χ4n) is 3.39. The summed E-state index contributed by atoms with van der Waals surface area (Å²) < 4.78 is 0. The summed E-state index contributed by atoms with van der Waals surface area (Å²) >= 11 is 0. The van der Waals surface area contributed by atoms with Gasteiger partial charge in [-0.1, -0.05) is 32.0 Å². The van der Waals surface area contributed by atoms with Crippen molar-refractivity contribution in [3.8, 4) is 0 Å². The van der Waals surface area contributed by atoms with Crippen LogP contribution in [0.25, 0.3) is 0 Å². The Morgan fingerprint density at radius 3 is 2.44 bits per heavy atom. The number of para-hydroxylation sites is 1. The number of hydrogen-bond acceptors (Lipinski definition) is 2. The van der Waals surface area contributed by atoms with E-state index in [-0.39, 0.29) is 0 Å². The van der Waals surface area contributed by atoms with Gasteiger partial charge >= 0.3 is 0 Å². The fourth-order valence-corrected chi connectivity index (χ4v) is 3.39. The molecular formula is C16H26N2. The minimum absolute atomic E-state index is 0.841. The van der Waals surface area contributed by atoms with Gasteiger partial charge in [0.2, 0.25) is 0 Å². The molecule has 2 unspecified atom stereocenters. The van der Waals surface area contributed by atoms with E-state index in [0.29, 0.717) is 0 Å². The van der Waals surface area contributed by atoms with E-state index in [1.807, 2.05) is 12.1 Å². The van der Waals surface area contributed by atoms with Crippen LogP contribution in [-0.2, 0) is 6.54 Å². The van der Waals surface area contributed by atoms with Gasteiger partial charge in [0, 0.05) is 12.2 Å².